The lowest BCUT2D eigenvalue weighted by Gasteiger charge is -2.49. The number of imide groups is 2. The molecule has 0 spiro atoms. The van der Waals surface area contributed by atoms with E-state index in [4.69, 9.17) is 11.6 Å². The van der Waals surface area contributed by atoms with Gasteiger partial charge in [0, 0.05) is 11.5 Å². The number of amides is 4. The zero-order valence-corrected chi connectivity index (χ0v) is 26.5. The highest BCUT2D eigenvalue weighted by atomic mass is 35.5. The summed E-state index contributed by atoms with van der Waals surface area (Å²) in [7, 11) is 0. The number of rotatable bonds is 5. The number of hydrogen-bond acceptors (Lipinski definition) is 6. The van der Waals surface area contributed by atoms with E-state index < -0.39 is 82.3 Å². The van der Waals surface area contributed by atoms with Crippen molar-refractivity contribution < 1.29 is 46.6 Å². The molecule has 8 nitrogen and oxygen atoms in total. The van der Waals surface area contributed by atoms with Crippen LogP contribution in [0, 0.1) is 34.9 Å². The molecule has 0 bridgehead atoms. The van der Waals surface area contributed by atoms with E-state index in [9.17, 15) is 41.8 Å². The smallest absolute Gasteiger partial charge is 0.508 e. The molecule has 1 N–H and O–H groups in total. The number of ether oxygens (including phenoxy) is 1. The fraction of sp³-hybridized carbons (Fsp3) is 0.278. The van der Waals surface area contributed by atoms with Crippen LogP contribution in [0.2, 0.25) is 5.02 Å². The van der Waals surface area contributed by atoms with Crippen LogP contribution in [-0.4, -0.2) is 35.1 Å². The number of alkyl halides is 3. The minimum atomic E-state index is -5.07. The first-order valence-corrected chi connectivity index (χ1v) is 15.8. The van der Waals surface area contributed by atoms with Crippen molar-refractivity contribution in [1.29, 1.82) is 0 Å². The summed E-state index contributed by atoms with van der Waals surface area (Å²) in [4.78, 5) is 58.7. The first-order valence-electron chi connectivity index (χ1n) is 15.4. The number of halogens is 5. The molecule has 3 fully saturated rings. The summed E-state index contributed by atoms with van der Waals surface area (Å²) in [5, 5.41) is 10.8. The highest BCUT2D eigenvalue weighted by Gasteiger charge is 2.68. The molecular weight excluding hydrogens is 668 g/mol. The Balaban J connectivity index is 1.38. The van der Waals surface area contributed by atoms with Crippen LogP contribution in [-0.2, 0) is 19.2 Å². The van der Waals surface area contributed by atoms with E-state index in [-0.39, 0.29) is 29.1 Å². The topological polar surface area (TPSA) is 104 Å². The third kappa shape index (κ3) is 4.95. The summed E-state index contributed by atoms with van der Waals surface area (Å²) >= 11 is 6.01. The summed E-state index contributed by atoms with van der Waals surface area (Å²) in [6.07, 6.45) is -1.76. The molecular formula is C36H27ClF4N2O6. The number of phenolic OH excluding ortho intramolecular Hbond substituents is 1. The Labute approximate surface area is 282 Å². The second kappa shape index (κ2) is 11.3. The molecule has 0 unspecified atom stereocenters. The number of carbonyl (C=O) groups excluding carboxylic acids is 4. The largest absolute Gasteiger partial charge is 0.573 e. The van der Waals surface area contributed by atoms with Gasteiger partial charge in [-0.1, -0.05) is 48.0 Å². The van der Waals surface area contributed by atoms with Crippen molar-refractivity contribution in [3.05, 3.63) is 101 Å². The average Bonchev–Trinajstić information content (AvgIpc) is 3.42. The molecule has 13 heteroatoms. The monoisotopic (exact) mass is 694 g/mol. The van der Waals surface area contributed by atoms with E-state index >= 15 is 0 Å². The number of benzene rings is 3. The van der Waals surface area contributed by atoms with Gasteiger partial charge in [-0.25, -0.2) is 9.29 Å². The van der Waals surface area contributed by atoms with Crippen molar-refractivity contribution in [3.63, 3.8) is 0 Å². The van der Waals surface area contributed by atoms with Gasteiger partial charge in [-0.15, -0.1) is 13.2 Å². The quantitative estimate of drug-likeness (QED) is 0.173. The van der Waals surface area contributed by atoms with E-state index in [2.05, 4.69) is 11.3 Å². The SMILES string of the molecule is C=Cc1ccc(N2C(=O)[C@H]3[C@H](CC=C4[C@H]3C[C@H]3C(=O)N(c5ccc(F)c(Cl)c5)C(=O)[C@@]3(C)[C@H]4c3cc(OC(F)(F)F)ccc3O)C2=O)cc1. The molecule has 2 aliphatic carbocycles. The van der Waals surface area contributed by atoms with E-state index in [0.29, 0.717) is 11.3 Å². The Morgan fingerprint density at radius 1 is 0.939 bits per heavy atom. The van der Waals surface area contributed by atoms with Gasteiger partial charge >= 0.3 is 6.36 Å². The number of nitrogens with zero attached hydrogens (tertiary/aromatic N) is 2. The number of carbonyl (C=O) groups is 4. The highest BCUT2D eigenvalue weighted by Crippen LogP contribution is 2.64. The normalized spacial score (nSPS) is 27.9. The van der Waals surface area contributed by atoms with Crippen LogP contribution in [0.4, 0.5) is 28.9 Å². The summed E-state index contributed by atoms with van der Waals surface area (Å²) in [5.74, 6) is -9.30. The van der Waals surface area contributed by atoms with Crippen LogP contribution in [0.25, 0.3) is 6.08 Å². The lowest BCUT2D eigenvalue weighted by molar-refractivity contribution is -0.274. The molecule has 0 radical (unpaired) electrons. The number of fused-ring (bicyclic) bond motifs is 4. The fourth-order valence-electron chi connectivity index (χ4n) is 8.20. The van der Waals surface area contributed by atoms with Gasteiger partial charge < -0.3 is 9.84 Å². The molecule has 2 saturated heterocycles. The third-order valence-corrected chi connectivity index (χ3v) is 10.7. The molecule has 3 aromatic rings. The number of phenols is 1. The highest BCUT2D eigenvalue weighted by molar-refractivity contribution is 6.32. The maximum Gasteiger partial charge on any atom is 0.573 e. The summed E-state index contributed by atoms with van der Waals surface area (Å²) in [6, 6.07) is 12.9. The van der Waals surface area contributed by atoms with Gasteiger partial charge in [0.05, 0.1) is 39.6 Å². The molecule has 49 heavy (non-hydrogen) atoms. The summed E-state index contributed by atoms with van der Waals surface area (Å²) in [6.45, 7) is 5.20. The standard InChI is InChI=1S/C36H27ClF4N2O6/c1-3-17-4-6-18(7-5-17)42-31(45)22-11-10-21-23(29(22)33(42)47)16-25-32(46)43(19-8-12-27(38)26(37)14-19)34(48)35(25,2)30(21)24-15-20(9-13-28(24)44)49-36(39,40)41/h3-10,12-15,22-23,25,29-30,44H,1,11,16H2,2H3/t22-,23+,25-,29-,30+,35+/m0/s1. The van der Waals surface area contributed by atoms with Crippen LogP contribution in [0.1, 0.15) is 36.8 Å². The van der Waals surface area contributed by atoms with Crippen LogP contribution < -0.4 is 14.5 Å². The zero-order valence-electron chi connectivity index (χ0n) is 25.7. The Hall–Kier alpha value is -4.97. The Kier molecular flexibility index (Phi) is 7.51. The molecule has 2 heterocycles. The van der Waals surface area contributed by atoms with Gasteiger partial charge in [-0.05, 0) is 79.8 Å². The van der Waals surface area contributed by atoms with Crippen molar-refractivity contribution >= 4 is 52.7 Å². The van der Waals surface area contributed by atoms with Crippen LogP contribution in [0.3, 0.4) is 0 Å². The van der Waals surface area contributed by atoms with Crippen molar-refractivity contribution in [1.82, 2.24) is 0 Å². The lowest BCUT2D eigenvalue weighted by Crippen LogP contribution is -2.49. The van der Waals surface area contributed by atoms with Gasteiger partial charge in [0.25, 0.3) is 0 Å². The number of hydrogen-bond donors (Lipinski definition) is 1. The number of allylic oxidation sites excluding steroid dienone is 2. The Morgan fingerprint density at radius 2 is 1.63 bits per heavy atom. The lowest BCUT2D eigenvalue weighted by atomic mass is 9.51. The molecule has 7 rings (SSSR count). The molecule has 0 aromatic heterocycles. The fourth-order valence-corrected chi connectivity index (χ4v) is 8.38. The van der Waals surface area contributed by atoms with E-state index in [0.717, 1.165) is 45.7 Å². The first kappa shape index (κ1) is 32.6. The number of aromatic hydroxyl groups is 1. The zero-order chi connectivity index (χ0) is 35.2. The molecule has 252 valence electrons. The van der Waals surface area contributed by atoms with Crippen molar-refractivity contribution in [2.24, 2.45) is 29.1 Å². The van der Waals surface area contributed by atoms with Gasteiger partial charge in [-0.3, -0.25) is 24.1 Å². The van der Waals surface area contributed by atoms with Crippen LogP contribution >= 0.6 is 11.6 Å². The molecule has 2 aliphatic heterocycles. The Bertz CT molecular complexity index is 2000. The average molecular weight is 695 g/mol. The number of anilines is 2. The Morgan fingerprint density at radius 3 is 2.29 bits per heavy atom. The van der Waals surface area contributed by atoms with E-state index in [1.807, 2.05) is 0 Å². The maximum absolute atomic E-state index is 14.5. The molecule has 4 amide bonds. The van der Waals surface area contributed by atoms with Crippen LogP contribution in [0.5, 0.6) is 11.5 Å². The second-order valence-electron chi connectivity index (χ2n) is 12.8. The van der Waals surface area contributed by atoms with E-state index in [1.165, 1.54) is 13.0 Å². The van der Waals surface area contributed by atoms with Crippen molar-refractivity contribution in [3.8, 4) is 11.5 Å². The maximum atomic E-state index is 14.5. The van der Waals surface area contributed by atoms with Crippen molar-refractivity contribution in [2.45, 2.75) is 32.0 Å². The van der Waals surface area contributed by atoms with Gasteiger partial charge in [-0.2, -0.15) is 0 Å². The summed E-state index contributed by atoms with van der Waals surface area (Å²) < 4.78 is 58.2. The molecule has 6 atom stereocenters. The minimum absolute atomic E-state index is 0.0229. The minimum Gasteiger partial charge on any atom is -0.508 e. The second-order valence-corrected chi connectivity index (χ2v) is 13.2. The molecule has 4 aliphatic rings. The van der Waals surface area contributed by atoms with E-state index in [1.54, 1.807) is 36.4 Å². The van der Waals surface area contributed by atoms with Crippen LogP contribution in [0.15, 0.2) is 78.9 Å². The van der Waals surface area contributed by atoms with Gasteiger partial charge in [0.2, 0.25) is 23.6 Å². The molecule has 1 saturated carbocycles. The predicted molar refractivity (Wildman–Crippen MR) is 170 cm³/mol. The van der Waals surface area contributed by atoms with Crippen molar-refractivity contribution in [2.75, 3.05) is 9.80 Å². The van der Waals surface area contributed by atoms with Gasteiger partial charge in [0.1, 0.15) is 17.3 Å². The summed E-state index contributed by atoms with van der Waals surface area (Å²) in [5.41, 5.74) is -0.304. The third-order valence-electron chi connectivity index (χ3n) is 10.4. The molecule has 3 aromatic carbocycles. The van der Waals surface area contributed by atoms with Gasteiger partial charge in [0.15, 0.2) is 0 Å². The predicted octanol–water partition coefficient (Wildman–Crippen LogP) is 7.16. The first-order chi connectivity index (χ1) is 23.1.